The van der Waals surface area contributed by atoms with E-state index in [2.05, 4.69) is 29.9 Å². The molecule has 0 N–H and O–H groups in total. The van der Waals surface area contributed by atoms with Crippen LogP contribution in [0.5, 0.6) is 5.75 Å². The average Bonchev–Trinajstić information content (AvgIpc) is 3.07. The maximum absolute atomic E-state index is 11.7. The first-order valence-electron chi connectivity index (χ1n) is 7.76. The molecule has 0 aliphatic carbocycles. The molecule has 8 heteroatoms. The quantitative estimate of drug-likeness (QED) is 0.707. The summed E-state index contributed by atoms with van der Waals surface area (Å²) in [4.78, 5) is 36.9. The summed E-state index contributed by atoms with van der Waals surface area (Å²) in [5, 5.41) is 0.715. The topological polar surface area (TPSA) is 102 Å². The first-order valence-corrected chi connectivity index (χ1v) is 7.76. The fourth-order valence-corrected chi connectivity index (χ4v) is 2.39. The van der Waals surface area contributed by atoms with E-state index in [4.69, 9.17) is 4.74 Å². The summed E-state index contributed by atoms with van der Waals surface area (Å²) in [7, 11) is 0. The van der Waals surface area contributed by atoms with Crippen LogP contribution in [-0.2, 0) is 4.79 Å². The Bertz CT molecular complexity index is 1110. The minimum atomic E-state index is -0.395. The predicted octanol–water partition coefficient (Wildman–Crippen LogP) is 0.869. The van der Waals surface area contributed by atoms with Crippen molar-refractivity contribution in [2.75, 3.05) is 6.61 Å². The van der Waals surface area contributed by atoms with Gasteiger partial charge in [0.15, 0.2) is 17.9 Å². The number of amides is 1. The number of hydrogen-bond donors (Lipinski definition) is 0. The molecular formula is C18H12N6O2. The van der Waals surface area contributed by atoms with Crippen LogP contribution in [0.15, 0.2) is 62.8 Å². The molecule has 1 aromatic heterocycles. The lowest BCUT2D eigenvalue weighted by Gasteiger charge is -2.04. The molecule has 0 atom stereocenters. The highest BCUT2D eigenvalue weighted by molar-refractivity contribution is 6.30. The van der Waals surface area contributed by atoms with Crippen LogP contribution in [-0.4, -0.2) is 41.1 Å². The summed E-state index contributed by atoms with van der Waals surface area (Å²) < 4.78 is 5.46. The number of carbonyl (C=O) groups excluding carboxylic acids is 1. The molecule has 0 saturated carbocycles. The van der Waals surface area contributed by atoms with E-state index in [-0.39, 0.29) is 6.61 Å². The van der Waals surface area contributed by atoms with Crippen LogP contribution < -0.4 is 15.4 Å². The highest BCUT2D eigenvalue weighted by Crippen LogP contribution is 2.19. The smallest absolute Gasteiger partial charge is 0.283 e. The van der Waals surface area contributed by atoms with E-state index in [0.717, 1.165) is 5.57 Å². The number of nitrogens with zero attached hydrogens (tertiary/aromatic N) is 6. The summed E-state index contributed by atoms with van der Waals surface area (Å²) in [6.45, 7) is -0.161. The van der Waals surface area contributed by atoms with Gasteiger partial charge < -0.3 is 4.74 Å². The summed E-state index contributed by atoms with van der Waals surface area (Å²) >= 11 is 0. The van der Waals surface area contributed by atoms with Crippen LogP contribution in [0.25, 0.3) is 5.57 Å². The third-order valence-corrected chi connectivity index (χ3v) is 3.53. The lowest BCUT2D eigenvalue weighted by Crippen LogP contribution is -2.30. The van der Waals surface area contributed by atoms with Crippen molar-refractivity contribution < 1.29 is 9.53 Å². The zero-order valence-corrected chi connectivity index (χ0v) is 13.5. The Balaban J connectivity index is 1.91. The minimum absolute atomic E-state index is 0.161. The van der Waals surface area contributed by atoms with Gasteiger partial charge >= 0.3 is 0 Å². The van der Waals surface area contributed by atoms with Gasteiger partial charge in [0.05, 0.1) is 10.9 Å². The molecule has 26 heavy (non-hydrogen) atoms. The monoisotopic (exact) mass is 344 g/mol. The fraction of sp³-hybridized carbons (Fsp3) is 0.0556. The maximum Gasteiger partial charge on any atom is 0.283 e. The zero-order valence-electron chi connectivity index (χ0n) is 13.5. The molecular weight excluding hydrogens is 332 g/mol. The van der Waals surface area contributed by atoms with E-state index in [1.807, 2.05) is 6.07 Å². The zero-order chi connectivity index (χ0) is 17.8. The Labute approximate surface area is 147 Å². The first kappa shape index (κ1) is 15.7. The maximum atomic E-state index is 11.7. The van der Waals surface area contributed by atoms with Gasteiger partial charge in [0.25, 0.3) is 5.91 Å². The molecule has 1 amide bonds. The van der Waals surface area contributed by atoms with Crippen LogP contribution in [0.4, 0.5) is 11.5 Å². The van der Waals surface area contributed by atoms with Gasteiger partial charge in [0, 0.05) is 36.5 Å². The Hall–Kier alpha value is -3.81. The summed E-state index contributed by atoms with van der Waals surface area (Å²) in [6.07, 6.45) is 9.16. The second-order valence-corrected chi connectivity index (χ2v) is 5.30. The van der Waals surface area contributed by atoms with Crippen LogP contribution >= 0.6 is 0 Å². The van der Waals surface area contributed by atoms with Gasteiger partial charge in [-0.25, -0.2) is 24.9 Å². The van der Waals surface area contributed by atoms with Crippen LogP contribution in [0.3, 0.4) is 0 Å². The highest BCUT2D eigenvalue weighted by atomic mass is 16.5. The van der Waals surface area contributed by atoms with Gasteiger partial charge in [-0.2, -0.15) is 0 Å². The average molecular weight is 344 g/mol. The third kappa shape index (κ3) is 3.34. The van der Waals surface area contributed by atoms with E-state index in [1.54, 1.807) is 36.7 Å². The number of hydrogen-bond acceptors (Lipinski definition) is 7. The van der Waals surface area contributed by atoms with Crippen LogP contribution in [0.2, 0.25) is 0 Å². The van der Waals surface area contributed by atoms with E-state index in [1.165, 1.54) is 18.7 Å². The second kappa shape index (κ2) is 6.98. The lowest BCUT2D eigenvalue weighted by molar-refractivity contribution is -0.119. The predicted molar refractivity (Wildman–Crippen MR) is 97.1 cm³/mol. The van der Waals surface area contributed by atoms with Gasteiger partial charge in [0.2, 0.25) is 0 Å². The number of ether oxygens (including phenoxy) is 1. The first-order chi connectivity index (χ1) is 12.8. The van der Waals surface area contributed by atoms with Gasteiger partial charge in [0.1, 0.15) is 12.1 Å². The van der Waals surface area contributed by atoms with Crippen molar-refractivity contribution in [3.05, 3.63) is 53.6 Å². The Morgan fingerprint density at radius 1 is 1.08 bits per heavy atom. The molecule has 2 aliphatic rings. The number of carbonyl (C=O) groups is 1. The molecule has 0 fully saturated rings. The van der Waals surface area contributed by atoms with Crippen molar-refractivity contribution in [2.24, 2.45) is 20.0 Å². The largest absolute Gasteiger partial charge is 0.484 e. The molecule has 2 aromatic rings. The molecule has 126 valence electrons. The fourth-order valence-electron chi connectivity index (χ4n) is 2.39. The van der Waals surface area contributed by atoms with E-state index in [9.17, 15) is 4.79 Å². The number of aliphatic imine (C=N–C) groups is 3. The standard InChI is InChI=1S/C18H12N6O2/c25-15-10-26-14-4-1-3-13(7-14)24-18-16-12(8-19-5-2-6-20-15)9-21-17(16)22-11-23-18/h1-9,11H,10H2/b5-2-,19-8-,20-6-,24-18+. The van der Waals surface area contributed by atoms with Gasteiger partial charge in [-0.1, -0.05) is 6.07 Å². The van der Waals surface area contributed by atoms with Crippen molar-refractivity contribution >= 4 is 41.6 Å². The van der Waals surface area contributed by atoms with Crippen molar-refractivity contribution in [2.45, 2.75) is 0 Å². The Kier molecular flexibility index (Phi) is 4.21. The van der Waals surface area contributed by atoms with E-state index >= 15 is 0 Å². The van der Waals surface area contributed by atoms with Crippen LogP contribution in [0.1, 0.15) is 0 Å². The van der Waals surface area contributed by atoms with Crippen molar-refractivity contribution in [1.29, 1.82) is 0 Å². The molecule has 1 aromatic carbocycles. The molecule has 0 radical (unpaired) electrons. The molecule has 2 aliphatic heterocycles. The summed E-state index contributed by atoms with van der Waals surface area (Å²) in [6, 6.07) is 7.08. The molecule has 8 nitrogen and oxygen atoms in total. The third-order valence-electron chi connectivity index (χ3n) is 3.53. The molecule has 4 rings (SSSR count). The SMILES string of the molecule is O=C1COc2cccc(c2)/N=c2/ncnc3c2=C(C=N3)\C=N/C=C\C=N/1. The van der Waals surface area contributed by atoms with E-state index in [0.29, 0.717) is 28.0 Å². The minimum Gasteiger partial charge on any atom is -0.484 e. The van der Waals surface area contributed by atoms with Gasteiger partial charge in [-0.15, -0.1) is 0 Å². The number of benzene rings is 1. The highest BCUT2D eigenvalue weighted by Gasteiger charge is 2.10. The normalized spacial score (nSPS) is 20.5. The Morgan fingerprint density at radius 2 is 2.04 bits per heavy atom. The molecule has 3 heterocycles. The van der Waals surface area contributed by atoms with Crippen molar-refractivity contribution in [3.8, 4) is 5.75 Å². The summed E-state index contributed by atoms with van der Waals surface area (Å²) in [5.74, 6) is 0.670. The van der Waals surface area contributed by atoms with Gasteiger partial charge in [-0.3, -0.25) is 9.79 Å². The molecule has 0 spiro atoms. The van der Waals surface area contributed by atoms with Crippen LogP contribution in [0, 0.1) is 0 Å². The van der Waals surface area contributed by atoms with E-state index < -0.39 is 5.91 Å². The lowest BCUT2D eigenvalue weighted by atomic mass is 10.2. The number of rotatable bonds is 0. The molecule has 0 saturated heterocycles. The number of allylic oxidation sites excluding steroid dienone is 1. The number of fused-ring (bicyclic) bond motifs is 2. The molecule has 0 unspecified atom stereocenters. The molecule has 2 bridgehead atoms. The summed E-state index contributed by atoms with van der Waals surface area (Å²) in [5.41, 5.74) is 1.87. The second-order valence-electron chi connectivity index (χ2n) is 5.30. The van der Waals surface area contributed by atoms with Crippen molar-refractivity contribution in [1.82, 2.24) is 9.97 Å². The van der Waals surface area contributed by atoms with Crippen molar-refractivity contribution in [3.63, 3.8) is 0 Å². The number of aromatic nitrogens is 2. The van der Waals surface area contributed by atoms with Gasteiger partial charge in [-0.05, 0) is 18.2 Å². The Morgan fingerprint density at radius 3 is 3.00 bits per heavy atom.